The molecule has 2 saturated carbocycles. The molecule has 0 aromatic rings. The number of hydrogen-bond donors (Lipinski definition) is 0. The molecule has 0 aromatic heterocycles. The molecular weight excluding hydrogens is 240 g/mol. The van der Waals surface area contributed by atoms with Crippen molar-refractivity contribution in [3.05, 3.63) is 0 Å². The second-order valence-electron chi connectivity index (χ2n) is 7.26. The van der Waals surface area contributed by atoms with Crippen molar-refractivity contribution in [1.82, 2.24) is 0 Å². The summed E-state index contributed by atoms with van der Waals surface area (Å²) in [7, 11) is 0. The standard InChI is InChI=1S/C16H26O3/c1-11(17)19-15(2,3)12-5-7-16(4)8-6-14(18)10-13(16)9-12/h12-13H,5-10H2,1-4H3. The van der Waals surface area contributed by atoms with Gasteiger partial charge in [-0.1, -0.05) is 6.92 Å². The zero-order chi connectivity index (χ0) is 14.3. The van der Waals surface area contributed by atoms with Crippen LogP contribution in [0.4, 0.5) is 0 Å². The van der Waals surface area contributed by atoms with Crippen LogP contribution in [-0.2, 0) is 14.3 Å². The van der Waals surface area contributed by atoms with E-state index in [-0.39, 0.29) is 5.97 Å². The Hall–Kier alpha value is -0.860. The van der Waals surface area contributed by atoms with Crippen LogP contribution in [0, 0.1) is 17.3 Å². The van der Waals surface area contributed by atoms with Gasteiger partial charge in [0.1, 0.15) is 11.4 Å². The molecule has 0 aromatic carbocycles. The SMILES string of the molecule is CC(=O)OC(C)(C)C1CCC2(C)CCC(=O)CC2C1. The first-order valence-corrected chi connectivity index (χ1v) is 7.44. The maximum Gasteiger partial charge on any atom is 0.303 e. The van der Waals surface area contributed by atoms with Crippen molar-refractivity contribution >= 4 is 11.8 Å². The minimum absolute atomic E-state index is 0.210. The van der Waals surface area contributed by atoms with Crippen molar-refractivity contribution in [1.29, 1.82) is 0 Å². The van der Waals surface area contributed by atoms with Gasteiger partial charge in [-0.2, -0.15) is 0 Å². The summed E-state index contributed by atoms with van der Waals surface area (Å²) in [5.41, 5.74) is -0.0790. The highest BCUT2D eigenvalue weighted by atomic mass is 16.6. The molecule has 2 rings (SSSR count). The van der Waals surface area contributed by atoms with E-state index in [4.69, 9.17) is 4.74 Å². The summed E-state index contributed by atoms with van der Waals surface area (Å²) in [6.45, 7) is 7.82. The molecule has 0 amide bonds. The molecule has 19 heavy (non-hydrogen) atoms. The molecule has 3 atom stereocenters. The number of esters is 1. The van der Waals surface area contributed by atoms with Gasteiger partial charge in [-0.15, -0.1) is 0 Å². The molecule has 2 fully saturated rings. The highest BCUT2D eigenvalue weighted by molar-refractivity contribution is 5.79. The minimum Gasteiger partial charge on any atom is -0.460 e. The fraction of sp³-hybridized carbons (Fsp3) is 0.875. The molecule has 0 bridgehead atoms. The largest absolute Gasteiger partial charge is 0.460 e. The van der Waals surface area contributed by atoms with Gasteiger partial charge >= 0.3 is 5.97 Å². The number of carbonyl (C=O) groups excluding carboxylic acids is 2. The molecule has 0 spiro atoms. The number of rotatable bonds is 2. The lowest BCUT2D eigenvalue weighted by Gasteiger charge is -2.50. The summed E-state index contributed by atoms with van der Waals surface area (Å²) in [6.07, 6.45) is 5.79. The summed E-state index contributed by atoms with van der Waals surface area (Å²) in [5, 5.41) is 0. The molecule has 3 heteroatoms. The van der Waals surface area contributed by atoms with Gasteiger partial charge in [-0.05, 0) is 56.8 Å². The highest BCUT2D eigenvalue weighted by Crippen LogP contribution is 2.53. The first kappa shape index (κ1) is 14.5. The van der Waals surface area contributed by atoms with Gasteiger partial charge in [0, 0.05) is 19.8 Å². The quantitative estimate of drug-likeness (QED) is 0.718. The molecule has 0 heterocycles. The first-order valence-electron chi connectivity index (χ1n) is 7.44. The average Bonchev–Trinajstić information content (AvgIpc) is 2.27. The summed E-state index contributed by atoms with van der Waals surface area (Å²) >= 11 is 0. The number of carbonyl (C=O) groups is 2. The molecule has 3 nitrogen and oxygen atoms in total. The normalized spacial score (nSPS) is 35.7. The second-order valence-corrected chi connectivity index (χ2v) is 7.26. The average molecular weight is 266 g/mol. The fourth-order valence-electron chi connectivity index (χ4n) is 4.00. The van der Waals surface area contributed by atoms with Gasteiger partial charge in [0.15, 0.2) is 0 Å². The number of ether oxygens (including phenoxy) is 1. The smallest absolute Gasteiger partial charge is 0.303 e. The third-order valence-electron chi connectivity index (χ3n) is 5.46. The van der Waals surface area contributed by atoms with Crippen LogP contribution in [-0.4, -0.2) is 17.4 Å². The Morgan fingerprint density at radius 2 is 2.05 bits per heavy atom. The molecule has 2 aliphatic carbocycles. The summed E-state index contributed by atoms with van der Waals surface area (Å²) in [6, 6.07) is 0. The van der Waals surface area contributed by atoms with E-state index in [1.165, 1.54) is 6.92 Å². The molecule has 0 N–H and O–H groups in total. The molecule has 2 aliphatic rings. The second kappa shape index (κ2) is 4.92. The number of ketones is 1. The van der Waals surface area contributed by atoms with Gasteiger partial charge in [-0.3, -0.25) is 9.59 Å². The predicted molar refractivity (Wildman–Crippen MR) is 73.6 cm³/mol. The zero-order valence-corrected chi connectivity index (χ0v) is 12.6. The molecule has 3 unspecified atom stereocenters. The number of fused-ring (bicyclic) bond motifs is 1. The van der Waals surface area contributed by atoms with Crippen molar-refractivity contribution in [2.24, 2.45) is 17.3 Å². The lowest BCUT2D eigenvalue weighted by Crippen LogP contribution is -2.46. The monoisotopic (exact) mass is 266 g/mol. The zero-order valence-electron chi connectivity index (χ0n) is 12.6. The van der Waals surface area contributed by atoms with E-state index in [0.29, 0.717) is 23.0 Å². The number of hydrogen-bond acceptors (Lipinski definition) is 3. The van der Waals surface area contributed by atoms with Crippen molar-refractivity contribution < 1.29 is 14.3 Å². The van der Waals surface area contributed by atoms with Crippen molar-refractivity contribution in [3.63, 3.8) is 0 Å². The van der Waals surface area contributed by atoms with E-state index in [9.17, 15) is 9.59 Å². The third kappa shape index (κ3) is 3.01. The summed E-state index contributed by atoms with van der Waals surface area (Å²) < 4.78 is 5.49. The van der Waals surface area contributed by atoms with Crippen LogP contribution in [0.25, 0.3) is 0 Å². The van der Waals surface area contributed by atoms with Crippen molar-refractivity contribution in [2.45, 2.75) is 71.8 Å². The van der Waals surface area contributed by atoms with Crippen LogP contribution in [0.3, 0.4) is 0 Å². The van der Waals surface area contributed by atoms with E-state index >= 15 is 0 Å². The first-order chi connectivity index (χ1) is 8.73. The van der Waals surface area contributed by atoms with Crippen LogP contribution >= 0.6 is 0 Å². The van der Waals surface area contributed by atoms with Gasteiger partial charge in [0.2, 0.25) is 0 Å². The van der Waals surface area contributed by atoms with Gasteiger partial charge in [0.25, 0.3) is 0 Å². The summed E-state index contributed by atoms with van der Waals surface area (Å²) in [5.74, 6) is 1.05. The third-order valence-corrected chi connectivity index (χ3v) is 5.46. The lowest BCUT2D eigenvalue weighted by atomic mass is 9.56. The molecule has 0 saturated heterocycles. The summed E-state index contributed by atoms with van der Waals surface area (Å²) in [4.78, 5) is 22.9. The van der Waals surface area contributed by atoms with Crippen LogP contribution in [0.15, 0.2) is 0 Å². The van der Waals surface area contributed by atoms with Crippen molar-refractivity contribution in [3.8, 4) is 0 Å². The number of Topliss-reactive ketones (excluding diaryl/α,β-unsaturated/α-hetero) is 1. The van der Waals surface area contributed by atoms with E-state index in [1.807, 2.05) is 13.8 Å². The minimum atomic E-state index is -0.409. The van der Waals surface area contributed by atoms with E-state index in [0.717, 1.165) is 38.5 Å². The Morgan fingerprint density at radius 1 is 1.37 bits per heavy atom. The highest BCUT2D eigenvalue weighted by Gasteiger charge is 2.47. The van der Waals surface area contributed by atoms with Gasteiger partial charge in [-0.25, -0.2) is 0 Å². The van der Waals surface area contributed by atoms with Crippen LogP contribution < -0.4 is 0 Å². The molecular formula is C16H26O3. The maximum atomic E-state index is 11.7. The Balaban J connectivity index is 2.08. The Labute approximate surface area is 116 Å². The van der Waals surface area contributed by atoms with E-state index in [2.05, 4.69) is 6.92 Å². The topological polar surface area (TPSA) is 43.4 Å². The lowest BCUT2D eigenvalue weighted by molar-refractivity contribution is -0.163. The van der Waals surface area contributed by atoms with E-state index < -0.39 is 5.60 Å². The Bertz CT molecular complexity index is 385. The fourth-order valence-corrected chi connectivity index (χ4v) is 4.00. The van der Waals surface area contributed by atoms with Crippen LogP contribution in [0.2, 0.25) is 0 Å². The maximum absolute atomic E-state index is 11.7. The van der Waals surface area contributed by atoms with Gasteiger partial charge in [0.05, 0.1) is 0 Å². The molecule has 108 valence electrons. The Morgan fingerprint density at radius 3 is 2.68 bits per heavy atom. The van der Waals surface area contributed by atoms with Crippen LogP contribution in [0.5, 0.6) is 0 Å². The predicted octanol–water partition coefficient (Wildman–Crippen LogP) is 3.50. The van der Waals surface area contributed by atoms with E-state index in [1.54, 1.807) is 0 Å². The molecule has 0 radical (unpaired) electrons. The molecule has 0 aliphatic heterocycles. The van der Waals surface area contributed by atoms with Crippen LogP contribution in [0.1, 0.15) is 66.2 Å². The van der Waals surface area contributed by atoms with Gasteiger partial charge < -0.3 is 4.74 Å². The van der Waals surface area contributed by atoms with Crippen molar-refractivity contribution in [2.75, 3.05) is 0 Å². The Kier molecular flexibility index (Phi) is 3.76.